The lowest BCUT2D eigenvalue weighted by molar-refractivity contribution is -0.112. The van der Waals surface area contributed by atoms with Crippen molar-refractivity contribution < 1.29 is 14.3 Å². The van der Waals surface area contributed by atoms with Gasteiger partial charge in [0, 0.05) is 25.0 Å². The maximum Gasteiger partial charge on any atom is 0.414 e. The van der Waals surface area contributed by atoms with Crippen LogP contribution in [0.25, 0.3) is 0 Å². The van der Waals surface area contributed by atoms with Gasteiger partial charge < -0.3 is 15.8 Å². The van der Waals surface area contributed by atoms with Crippen molar-refractivity contribution in [2.75, 3.05) is 18.4 Å². The summed E-state index contributed by atoms with van der Waals surface area (Å²) in [5, 5.41) is 12.1. The molecule has 0 aliphatic rings. The third kappa shape index (κ3) is 7.12. The first kappa shape index (κ1) is 22.2. The van der Waals surface area contributed by atoms with Crippen LogP contribution in [0.5, 0.6) is 0 Å². The number of nitriles is 1. The van der Waals surface area contributed by atoms with Crippen LogP contribution < -0.4 is 11.1 Å². The molecule has 27 heavy (non-hydrogen) atoms. The number of rotatable bonds is 6. The number of hydrogen-bond donors (Lipinski definition) is 2. The summed E-state index contributed by atoms with van der Waals surface area (Å²) in [5.74, 6) is -0.400. The zero-order valence-corrected chi connectivity index (χ0v) is 16.6. The minimum atomic E-state index is -0.705. The molecule has 0 fully saturated rings. The van der Waals surface area contributed by atoms with E-state index in [0.717, 1.165) is 10.5 Å². The number of hydrogen-bond acceptors (Lipinski definition) is 5. The molecule has 146 valence electrons. The Balaban J connectivity index is 3.07. The van der Waals surface area contributed by atoms with Gasteiger partial charge in [-0.3, -0.25) is 9.69 Å². The minimum Gasteiger partial charge on any atom is -0.443 e. The molecule has 1 aromatic carbocycles. The molecule has 1 aromatic rings. The molecule has 7 nitrogen and oxygen atoms in total. The summed E-state index contributed by atoms with van der Waals surface area (Å²) in [6, 6.07) is 9.21. The smallest absolute Gasteiger partial charge is 0.414 e. The Bertz CT molecular complexity index is 742. The Morgan fingerprint density at radius 1 is 1.33 bits per heavy atom. The number of ether oxygens (including phenoxy) is 1. The Morgan fingerprint density at radius 3 is 2.48 bits per heavy atom. The molecule has 0 unspecified atom stereocenters. The predicted molar refractivity (Wildman–Crippen MR) is 105 cm³/mol. The van der Waals surface area contributed by atoms with E-state index < -0.39 is 17.6 Å². The summed E-state index contributed by atoms with van der Waals surface area (Å²) >= 11 is 0. The van der Waals surface area contributed by atoms with Crippen molar-refractivity contribution in [2.45, 2.75) is 46.1 Å². The predicted octanol–water partition coefficient (Wildman–Crippen LogP) is 3.35. The molecule has 0 aliphatic heterocycles. The van der Waals surface area contributed by atoms with Gasteiger partial charge in [0.05, 0.1) is 0 Å². The van der Waals surface area contributed by atoms with Crippen LogP contribution in [-0.2, 0) is 9.53 Å². The van der Waals surface area contributed by atoms with Crippen molar-refractivity contribution in [2.24, 2.45) is 5.73 Å². The number of nitrogens with one attached hydrogen (secondary N) is 1. The number of nitrogens with two attached hydrogens (primary N) is 1. The zero-order valence-electron chi connectivity index (χ0n) is 16.6. The highest BCUT2D eigenvalue weighted by Gasteiger charge is 2.22. The monoisotopic (exact) mass is 372 g/mol. The van der Waals surface area contributed by atoms with Gasteiger partial charge in [0.1, 0.15) is 17.2 Å². The van der Waals surface area contributed by atoms with E-state index in [1.165, 1.54) is 6.20 Å². The molecule has 0 radical (unpaired) electrons. The van der Waals surface area contributed by atoms with Crippen molar-refractivity contribution in [3.05, 3.63) is 41.6 Å². The number of carbonyl (C=O) groups excluding carboxylic acids is 2. The van der Waals surface area contributed by atoms with E-state index >= 15 is 0 Å². The molecular formula is C20H28N4O3. The average molecular weight is 372 g/mol. The van der Waals surface area contributed by atoms with Gasteiger partial charge >= 0.3 is 6.09 Å². The maximum atomic E-state index is 12.6. The second-order valence-electron chi connectivity index (χ2n) is 7.31. The van der Waals surface area contributed by atoms with Gasteiger partial charge in [-0.05, 0) is 38.3 Å². The van der Waals surface area contributed by atoms with Crippen LogP contribution in [0.2, 0.25) is 0 Å². The molecule has 0 saturated carbocycles. The molecule has 0 bridgehead atoms. The van der Waals surface area contributed by atoms with Crippen molar-refractivity contribution in [3.63, 3.8) is 0 Å². The van der Waals surface area contributed by atoms with E-state index in [2.05, 4.69) is 5.32 Å². The van der Waals surface area contributed by atoms with E-state index in [1.54, 1.807) is 32.9 Å². The highest BCUT2D eigenvalue weighted by atomic mass is 16.6. The Hall–Kier alpha value is -2.85. The minimum absolute atomic E-state index is 0.121. The topological polar surface area (TPSA) is 108 Å². The molecule has 0 aliphatic carbocycles. The lowest BCUT2D eigenvalue weighted by atomic mass is 10.0. The number of para-hydroxylation sites is 1. The van der Waals surface area contributed by atoms with E-state index in [0.29, 0.717) is 5.69 Å². The van der Waals surface area contributed by atoms with Gasteiger partial charge in [0.25, 0.3) is 5.91 Å². The first-order chi connectivity index (χ1) is 12.6. The van der Waals surface area contributed by atoms with Gasteiger partial charge in [0.2, 0.25) is 0 Å². The highest BCUT2D eigenvalue weighted by molar-refractivity contribution is 6.07. The van der Waals surface area contributed by atoms with Gasteiger partial charge in [-0.25, -0.2) is 4.79 Å². The van der Waals surface area contributed by atoms with Crippen LogP contribution >= 0.6 is 0 Å². The van der Waals surface area contributed by atoms with E-state index in [1.807, 2.05) is 32.0 Å². The van der Waals surface area contributed by atoms with E-state index in [-0.39, 0.29) is 24.6 Å². The molecule has 0 aromatic heterocycles. The third-order valence-corrected chi connectivity index (χ3v) is 3.48. The molecule has 0 spiro atoms. The van der Waals surface area contributed by atoms with Crippen LogP contribution in [0.4, 0.5) is 10.5 Å². The third-order valence-electron chi connectivity index (χ3n) is 3.48. The van der Waals surface area contributed by atoms with Crippen LogP contribution in [0, 0.1) is 11.3 Å². The molecule has 3 N–H and O–H groups in total. The SMILES string of the molecule is CC(C)c1ccccc1NC(=O)/C(C#N)=C\N(CCN)C(=O)OC(C)(C)C. The summed E-state index contributed by atoms with van der Waals surface area (Å²) in [5.41, 5.74) is 6.20. The first-order valence-electron chi connectivity index (χ1n) is 8.81. The lowest BCUT2D eigenvalue weighted by Gasteiger charge is -2.25. The van der Waals surface area contributed by atoms with Crippen LogP contribution in [-0.4, -0.2) is 35.6 Å². The summed E-state index contributed by atoms with van der Waals surface area (Å²) in [7, 11) is 0. The van der Waals surface area contributed by atoms with Crippen molar-refractivity contribution >= 4 is 17.7 Å². The van der Waals surface area contributed by atoms with E-state index in [4.69, 9.17) is 10.5 Å². The fourth-order valence-electron chi connectivity index (χ4n) is 2.27. The second kappa shape index (κ2) is 9.74. The normalized spacial score (nSPS) is 11.7. The van der Waals surface area contributed by atoms with Gasteiger partial charge in [-0.2, -0.15) is 5.26 Å². The standard InChI is InChI=1S/C20H28N4O3/c1-14(2)16-8-6-7-9-17(16)23-18(25)15(12-22)13-24(11-10-21)19(26)27-20(3,4)5/h6-9,13-14H,10-11,21H2,1-5H3,(H,23,25)/b15-13-. The van der Waals surface area contributed by atoms with Crippen molar-refractivity contribution in [3.8, 4) is 6.07 Å². The number of nitrogens with zero attached hydrogens (tertiary/aromatic N) is 2. The second-order valence-corrected chi connectivity index (χ2v) is 7.31. The van der Waals surface area contributed by atoms with Crippen LogP contribution in [0.15, 0.2) is 36.0 Å². The van der Waals surface area contributed by atoms with Crippen LogP contribution in [0.1, 0.15) is 46.1 Å². The maximum absolute atomic E-state index is 12.6. The highest BCUT2D eigenvalue weighted by Crippen LogP contribution is 2.24. The van der Waals surface area contributed by atoms with Gasteiger partial charge in [0.15, 0.2) is 0 Å². The number of carbonyl (C=O) groups is 2. The molecule has 0 saturated heterocycles. The number of anilines is 1. The number of amides is 2. The summed E-state index contributed by atoms with van der Waals surface area (Å²) in [6.07, 6.45) is 0.505. The van der Waals surface area contributed by atoms with Crippen LogP contribution in [0.3, 0.4) is 0 Å². The molecule has 0 atom stereocenters. The quantitative estimate of drug-likeness (QED) is 0.588. The Labute approximate surface area is 160 Å². The van der Waals surface area contributed by atoms with Gasteiger partial charge in [-0.15, -0.1) is 0 Å². The summed E-state index contributed by atoms with van der Waals surface area (Å²) in [6.45, 7) is 9.50. The summed E-state index contributed by atoms with van der Waals surface area (Å²) < 4.78 is 5.29. The van der Waals surface area contributed by atoms with Gasteiger partial charge in [-0.1, -0.05) is 32.0 Å². The Morgan fingerprint density at radius 2 is 1.96 bits per heavy atom. The first-order valence-corrected chi connectivity index (χ1v) is 8.81. The molecule has 1 rings (SSSR count). The van der Waals surface area contributed by atoms with Crippen molar-refractivity contribution in [1.82, 2.24) is 4.90 Å². The fraction of sp³-hybridized carbons (Fsp3) is 0.450. The largest absolute Gasteiger partial charge is 0.443 e. The van der Waals surface area contributed by atoms with E-state index in [9.17, 15) is 14.9 Å². The lowest BCUT2D eigenvalue weighted by Crippen LogP contribution is -2.37. The average Bonchev–Trinajstić information content (AvgIpc) is 2.57. The van der Waals surface area contributed by atoms with Crippen molar-refractivity contribution in [1.29, 1.82) is 5.26 Å². The summed E-state index contributed by atoms with van der Waals surface area (Å²) in [4.78, 5) is 26.0. The molecule has 7 heteroatoms. The molecule has 2 amide bonds. The zero-order chi connectivity index (χ0) is 20.6. The molecule has 0 heterocycles. The fourth-order valence-corrected chi connectivity index (χ4v) is 2.27. The molecular weight excluding hydrogens is 344 g/mol. The Kier molecular flexibility index (Phi) is 8.00. The number of benzene rings is 1.